The fourth-order valence-electron chi connectivity index (χ4n) is 4.53. The first kappa shape index (κ1) is 21.7. The molecule has 0 saturated carbocycles. The number of carbonyl (C=O) groups is 1. The van der Waals surface area contributed by atoms with E-state index in [1.165, 1.54) is 17.3 Å². The third-order valence-electron chi connectivity index (χ3n) is 6.25. The van der Waals surface area contributed by atoms with Crippen LogP contribution in [0.1, 0.15) is 24.4 Å². The Balaban J connectivity index is 1.30. The lowest BCUT2D eigenvalue weighted by Crippen LogP contribution is -2.35. The van der Waals surface area contributed by atoms with Gasteiger partial charge in [0.25, 0.3) is 0 Å². The normalized spacial score (nSPS) is 17.2. The smallest absolute Gasteiger partial charge is 0.240 e. The number of thioether (sulfide) groups is 1. The standard InChI is InChI=1S/C27H24N4O3S/c1-18(26(32)30-16-15-19-9-5-6-12-21(19)30)35-27-29-28-25(31(27)20-10-3-2-4-11-20)24-17-33-22-13-7-8-14-23(22)34-24/h2-14,18,24H,15-17H2,1H3/t18-,24+/m0/s1. The molecule has 0 bridgehead atoms. The molecular weight excluding hydrogens is 460 g/mol. The van der Waals surface area contributed by atoms with Crippen molar-refractivity contribution in [1.82, 2.24) is 14.8 Å². The predicted octanol–water partition coefficient (Wildman–Crippen LogP) is 4.85. The Kier molecular flexibility index (Phi) is 5.66. The molecule has 0 radical (unpaired) electrons. The fraction of sp³-hybridized carbons (Fsp3) is 0.222. The van der Waals surface area contributed by atoms with E-state index in [2.05, 4.69) is 16.3 Å². The highest BCUT2D eigenvalue weighted by Gasteiger charge is 2.32. The molecule has 35 heavy (non-hydrogen) atoms. The van der Waals surface area contributed by atoms with Gasteiger partial charge in [0.1, 0.15) is 6.61 Å². The first-order chi connectivity index (χ1) is 17.2. The van der Waals surface area contributed by atoms with Crippen LogP contribution in [0, 0.1) is 0 Å². The largest absolute Gasteiger partial charge is 0.485 e. The number of amides is 1. The summed E-state index contributed by atoms with van der Waals surface area (Å²) in [4.78, 5) is 15.3. The molecule has 0 fully saturated rings. The van der Waals surface area contributed by atoms with E-state index in [-0.39, 0.29) is 11.2 Å². The fourth-order valence-corrected chi connectivity index (χ4v) is 5.46. The zero-order valence-electron chi connectivity index (χ0n) is 19.2. The number of fused-ring (bicyclic) bond motifs is 2. The van der Waals surface area contributed by atoms with Crippen LogP contribution < -0.4 is 14.4 Å². The predicted molar refractivity (Wildman–Crippen MR) is 134 cm³/mol. The minimum absolute atomic E-state index is 0.0651. The van der Waals surface area contributed by atoms with Crippen molar-refractivity contribution in [3.05, 3.63) is 90.3 Å². The van der Waals surface area contributed by atoms with Gasteiger partial charge in [0, 0.05) is 17.9 Å². The minimum Gasteiger partial charge on any atom is -0.485 e. The molecular formula is C27H24N4O3S. The highest BCUT2D eigenvalue weighted by Crippen LogP contribution is 2.38. The molecule has 4 aromatic rings. The van der Waals surface area contributed by atoms with Crippen molar-refractivity contribution in [2.24, 2.45) is 0 Å². The topological polar surface area (TPSA) is 69.5 Å². The second kappa shape index (κ2) is 9.11. The lowest BCUT2D eigenvalue weighted by atomic mass is 10.2. The highest BCUT2D eigenvalue weighted by molar-refractivity contribution is 8.00. The van der Waals surface area contributed by atoms with E-state index >= 15 is 0 Å². The molecule has 8 heteroatoms. The van der Waals surface area contributed by atoms with Crippen LogP contribution in [0.25, 0.3) is 5.69 Å². The number of carbonyl (C=O) groups excluding carboxylic acids is 1. The molecule has 3 aromatic carbocycles. The Morgan fingerprint density at radius 1 is 0.971 bits per heavy atom. The molecule has 2 aliphatic heterocycles. The monoisotopic (exact) mass is 484 g/mol. The van der Waals surface area contributed by atoms with E-state index in [0.717, 1.165) is 17.8 Å². The summed E-state index contributed by atoms with van der Waals surface area (Å²) in [5.74, 6) is 2.10. The maximum absolute atomic E-state index is 13.4. The third kappa shape index (κ3) is 4.04. The summed E-state index contributed by atoms with van der Waals surface area (Å²) >= 11 is 1.41. The Morgan fingerprint density at radius 2 is 1.71 bits per heavy atom. The van der Waals surface area contributed by atoms with Crippen LogP contribution in [0.5, 0.6) is 11.5 Å². The summed E-state index contributed by atoms with van der Waals surface area (Å²) in [6.07, 6.45) is 0.452. The highest BCUT2D eigenvalue weighted by atomic mass is 32.2. The second-order valence-electron chi connectivity index (χ2n) is 8.50. The van der Waals surface area contributed by atoms with Crippen LogP contribution in [0.4, 0.5) is 5.69 Å². The second-order valence-corrected chi connectivity index (χ2v) is 9.81. The maximum Gasteiger partial charge on any atom is 0.240 e. The number of hydrogen-bond acceptors (Lipinski definition) is 6. The van der Waals surface area contributed by atoms with Gasteiger partial charge in [-0.15, -0.1) is 10.2 Å². The molecule has 7 nitrogen and oxygen atoms in total. The van der Waals surface area contributed by atoms with Crippen LogP contribution >= 0.6 is 11.8 Å². The first-order valence-corrected chi connectivity index (χ1v) is 12.5. The molecule has 1 amide bonds. The summed E-state index contributed by atoms with van der Waals surface area (Å²) in [5, 5.41) is 9.28. The third-order valence-corrected chi connectivity index (χ3v) is 7.28. The Bertz CT molecular complexity index is 1370. The van der Waals surface area contributed by atoms with Crippen molar-refractivity contribution in [1.29, 1.82) is 0 Å². The summed E-state index contributed by atoms with van der Waals surface area (Å²) < 4.78 is 14.1. The van der Waals surface area contributed by atoms with E-state index in [9.17, 15) is 4.79 Å². The summed E-state index contributed by atoms with van der Waals surface area (Å²) in [7, 11) is 0. The summed E-state index contributed by atoms with van der Waals surface area (Å²) in [6.45, 7) is 2.95. The van der Waals surface area contributed by atoms with Crippen LogP contribution in [-0.2, 0) is 11.2 Å². The number of hydrogen-bond donors (Lipinski definition) is 0. The average Bonchev–Trinajstić information content (AvgIpc) is 3.53. The van der Waals surface area contributed by atoms with Gasteiger partial charge in [-0.1, -0.05) is 60.3 Å². The van der Waals surface area contributed by atoms with Crippen LogP contribution in [0.2, 0.25) is 0 Å². The molecule has 1 aromatic heterocycles. The quantitative estimate of drug-likeness (QED) is 0.377. The van der Waals surface area contributed by atoms with Gasteiger partial charge in [-0.2, -0.15) is 0 Å². The van der Waals surface area contributed by atoms with Gasteiger partial charge < -0.3 is 14.4 Å². The van der Waals surface area contributed by atoms with E-state index in [1.54, 1.807) is 0 Å². The molecule has 6 rings (SSSR count). The van der Waals surface area contributed by atoms with Crippen LogP contribution in [-0.4, -0.2) is 39.1 Å². The number of ether oxygens (including phenoxy) is 2. The average molecular weight is 485 g/mol. The number of rotatable bonds is 5. The van der Waals surface area contributed by atoms with Gasteiger partial charge >= 0.3 is 0 Å². The van der Waals surface area contributed by atoms with Crippen molar-refractivity contribution >= 4 is 23.4 Å². The number of nitrogens with zero attached hydrogens (tertiary/aromatic N) is 4. The van der Waals surface area contributed by atoms with Crippen molar-refractivity contribution < 1.29 is 14.3 Å². The summed E-state index contributed by atoms with van der Waals surface area (Å²) in [5.41, 5.74) is 3.12. The lowest BCUT2D eigenvalue weighted by molar-refractivity contribution is -0.117. The molecule has 2 atom stereocenters. The van der Waals surface area contributed by atoms with Crippen molar-refractivity contribution in [3.63, 3.8) is 0 Å². The van der Waals surface area contributed by atoms with Gasteiger partial charge in [-0.25, -0.2) is 0 Å². The zero-order chi connectivity index (χ0) is 23.8. The number of benzene rings is 3. The van der Waals surface area contributed by atoms with E-state index in [1.807, 2.05) is 89.2 Å². The van der Waals surface area contributed by atoms with Gasteiger partial charge in [-0.05, 0) is 49.2 Å². The Hall–Kier alpha value is -3.78. The van der Waals surface area contributed by atoms with E-state index in [4.69, 9.17) is 9.47 Å². The van der Waals surface area contributed by atoms with Crippen LogP contribution in [0.3, 0.4) is 0 Å². The van der Waals surface area contributed by atoms with Gasteiger partial charge in [0.05, 0.1) is 5.25 Å². The van der Waals surface area contributed by atoms with E-state index in [0.29, 0.717) is 35.6 Å². The Labute approximate surface area is 207 Å². The Morgan fingerprint density at radius 3 is 2.57 bits per heavy atom. The molecule has 0 aliphatic carbocycles. The molecule has 176 valence electrons. The van der Waals surface area contributed by atoms with E-state index < -0.39 is 6.10 Å². The number of anilines is 1. The molecule has 3 heterocycles. The summed E-state index contributed by atoms with van der Waals surface area (Å²) in [6, 6.07) is 25.6. The first-order valence-electron chi connectivity index (χ1n) is 11.6. The van der Waals surface area contributed by atoms with Crippen molar-refractivity contribution in [2.45, 2.75) is 29.9 Å². The SMILES string of the molecule is C[C@H](Sc1nnc([C@H]2COc3ccccc3O2)n1-c1ccccc1)C(=O)N1CCc2ccccc21. The van der Waals surface area contributed by atoms with Crippen LogP contribution in [0.15, 0.2) is 84.0 Å². The van der Waals surface area contributed by atoms with Gasteiger partial charge in [0.2, 0.25) is 5.91 Å². The molecule has 0 N–H and O–H groups in total. The molecule has 0 saturated heterocycles. The minimum atomic E-state index is -0.427. The number of aromatic nitrogens is 3. The number of para-hydroxylation sites is 4. The van der Waals surface area contributed by atoms with Crippen molar-refractivity contribution in [3.8, 4) is 17.2 Å². The molecule has 0 spiro atoms. The zero-order valence-corrected chi connectivity index (χ0v) is 20.0. The van der Waals surface area contributed by atoms with Gasteiger partial charge in [0.15, 0.2) is 28.6 Å². The molecule has 2 aliphatic rings. The maximum atomic E-state index is 13.4. The lowest BCUT2D eigenvalue weighted by Gasteiger charge is -2.26. The molecule has 0 unspecified atom stereocenters. The van der Waals surface area contributed by atoms with Gasteiger partial charge in [-0.3, -0.25) is 9.36 Å². The van der Waals surface area contributed by atoms with Crippen molar-refractivity contribution in [2.75, 3.05) is 18.1 Å².